The third-order valence-corrected chi connectivity index (χ3v) is 8.96. The quantitative estimate of drug-likeness (QED) is 0.223. The maximum absolute atomic E-state index is 14.4. The molecule has 0 aromatic heterocycles. The van der Waals surface area contributed by atoms with Gasteiger partial charge in [-0.2, -0.15) is 0 Å². The van der Waals surface area contributed by atoms with Gasteiger partial charge in [0.05, 0.1) is 12.5 Å². The van der Waals surface area contributed by atoms with Gasteiger partial charge in [-0.25, -0.2) is 0 Å². The Hall–Kier alpha value is -3.68. The lowest BCUT2D eigenvalue weighted by Crippen LogP contribution is -2.50. The van der Waals surface area contributed by atoms with E-state index in [1.165, 1.54) is 0 Å². The van der Waals surface area contributed by atoms with Crippen molar-refractivity contribution in [2.75, 3.05) is 6.54 Å². The smallest absolute Gasteiger partial charge is 0.305 e. The molecule has 2 aliphatic rings. The summed E-state index contributed by atoms with van der Waals surface area (Å²) < 4.78 is 0. The molecule has 0 saturated heterocycles. The highest BCUT2D eigenvalue weighted by Crippen LogP contribution is 2.45. The molecule has 2 N–H and O–H groups in total. The van der Waals surface area contributed by atoms with Crippen LogP contribution in [0, 0.1) is 0 Å². The highest BCUT2D eigenvalue weighted by atomic mass is 35.5. The molecular formula is C35H37Cl2N3O4. The molecule has 7 nitrogen and oxygen atoms in total. The van der Waals surface area contributed by atoms with Crippen LogP contribution in [-0.2, 0) is 9.59 Å². The average molecular weight is 635 g/mol. The fourth-order valence-corrected chi connectivity index (χ4v) is 6.85. The van der Waals surface area contributed by atoms with E-state index in [4.69, 9.17) is 33.3 Å². The van der Waals surface area contributed by atoms with E-state index < -0.39 is 11.6 Å². The van der Waals surface area contributed by atoms with Gasteiger partial charge in [0.25, 0.3) is 11.8 Å². The molecule has 9 heteroatoms. The van der Waals surface area contributed by atoms with Crippen LogP contribution < -0.4 is 5.32 Å². The Bertz CT molecular complexity index is 1530. The molecule has 3 aromatic carbocycles. The molecule has 1 spiro atoms. The number of halogens is 2. The predicted molar refractivity (Wildman–Crippen MR) is 174 cm³/mol. The maximum Gasteiger partial charge on any atom is 0.305 e. The van der Waals surface area contributed by atoms with Crippen molar-refractivity contribution >= 4 is 46.7 Å². The first-order valence-corrected chi connectivity index (χ1v) is 16.1. The number of amides is 2. The summed E-state index contributed by atoms with van der Waals surface area (Å²) in [5.41, 5.74) is 3.92. The fourth-order valence-electron chi connectivity index (χ4n) is 6.33. The number of carboxylic acids is 1. The van der Waals surface area contributed by atoms with Crippen molar-refractivity contribution in [2.45, 2.75) is 76.4 Å². The molecule has 1 unspecified atom stereocenters. The summed E-state index contributed by atoms with van der Waals surface area (Å²) in [4.78, 5) is 45.0. The van der Waals surface area contributed by atoms with Crippen molar-refractivity contribution < 1.29 is 19.5 Å². The Morgan fingerprint density at radius 1 is 0.932 bits per heavy atom. The standard InChI is InChI=1S/C35H37Cl2N3O4/c1-2-3-7-30(24-10-14-26(15-11-24)33(43)38-19-16-31(41)42)40-34(44)32(39-35(40)17-5-4-6-18-35)25-12-8-23(9-13-25)27-20-28(36)22-29(37)21-27/h8-15,20-22,30H,2-7,16-19H2,1H3,(H,38,43)(H,41,42). The van der Waals surface area contributed by atoms with E-state index in [2.05, 4.69) is 12.2 Å². The van der Waals surface area contributed by atoms with Crippen molar-refractivity contribution in [3.8, 4) is 11.1 Å². The van der Waals surface area contributed by atoms with E-state index in [1.54, 1.807) is 18.2 Å². The van der Waals surface area contributed by atoms with Crippen molar-refractivity contribution in [1.29, 1.82) is 0 Å². The van der Waals surface area contributed by atoms with E-state index in [0.717, 1.165) is 73.6 Å². The van der Waals surface area contributed by atoms with E-state index in [-0.39, 0.29) is 30.8 Å². The lowest BCUT2D eigenvalue weighted by atomic mass is 9.86. The summed E-state index contributed by atoms with van der Waals surface area (Å²) in [7, 11) is 0. The van der Waals surface area contributed by atoms with Crippen molar-refractivity contribution in [1.82, 2.24) is 10.2 Å². The highest BCUT2D eigenvalue weighted by Gasteiger charge is 2.50. The number of benzene rings is 3. The Kier molecular flexibility index (Phi) is 10.1. The number of carbonyl (C=O) groups excluding carboxylic acids is 2. The van der Waals surface area contributed by atoms with Gasteiger partial charge < -0.3 is 15.3 Å². The molecule has 0 bridgehead atoms. The van der Waals surface area contributed by atoms with Gasteiger partial charge in [0, 0.05) is 27.7 Å². The topological polar surface area (TPSA) is 99.1 Å². The van der Waals surface area contributed by atoms with Gasteiger partial charge >= 0.3 is 5.97 Å². The Morgan fingerprint density at radius 3 is 2.18 bits per heavy atom. The number of aliphatic carboxylic acids is 1. The Labute approximate surface area is 268 Å². The van der Waals surface area contributed by atoms with Crippen molar-refractivity contribution in [3.05, 3.63) is 93.5 Å². The minimum atomic E-state index is -0.963. The van der Waals surface area contributed by atoms with Crippen molar-refractivity contribution in [2.24, 2.45) is 4.99 Å². The fraction of sp³-hybridized carbons (Fsp3) is 0.371. The van der Waals surface area contributed by atoms with Gasteiger partial charge in [-0.15, -0.1) is 0 Å². The van der Waals surface area contributed by atoms with Crippen LogP contribution in [0.5, 0.6) is 0 Å². The first kappa shape index (κ1) is 31.7. The first-order chi connectivity index (χ1) is 21.2. The van der Waals surface area contributed by atoms with Crippen LogP contribution in [0.25, 0.3) is 11.1 Å². The number of nitrogens with one attached hydrogen (secondary N) is 1. The highest BCUT2D eigenvalue weighted by molar-refractivity contribution is 6.46. The molecule has 0 radical (unpaired) electrons. The van der Waals surface area contributed by atoms with E-state index in [1.807, 2.05) is 53.4 Å². The van der Waals surface area contributed by atoms with Crippen LogP contribution in [0.1, 0.15) is 92.2 Å². The zero-order chi connectivity index (χ0) is 31.3. The van der Waals surface area contributed by atoms with E-state index in [0.29, 0.717) is 21.3 Å². The second kappa shape index (κ2) is 14.0. The Morgan fingerprint density at radius 2 is 1.57 bits per heavy atom. The maximum atomic E-state index is 14.4. The third-order valence-electron chi connectivity index (χ3n) is 8.52. The molecule has 1 atom stereocenters. The molecule has 44 heavy (non-hydrogen) atoms. The van der Waals surface area contributed by atoms with Crippen LogP contribution in [0.4, 0.5) is 0 Å². The number of carboxylic acid groups (broad SMARTS) is 1. The predicted octanol–water partition coefficient (Wildman–Crippen LogP) is 8.09. The van der Waals surface area contributed by atoms with Crippen LogP contribution in [0.2, 0.25) is 10.0 Å². The SMILES string of the molecule is CCCCC(c1ccc(C(=O)NCCC(=O)O)cc1)N1C(=O)C(c2ccc(-c3cc(Cl)cc(Cl)c3)cc2)=NC12CCCCC2. The summed E-state index contributed by atoms with van der Waals surface area (Å²) >= 11 is 12.5. The molecule has 1 aliphatic heterocycles. The Balaban J connectivity index is 1.44. The minimum Gasteiger partial charge on any atom is -0.481 e. The summed E-state index contributed by atoms with van der Waals surface area (Å²) in [6.45, 7) is 2.20. The van der Waals surface area contributed by atoms with Gasteiger partial charge in [0.1, 0.15) is 11.4 Å². The number of hydrogen-bond acceptors (Lipinski definition) is 4. The van der Waals surface area contributed by atoms with E-state index >= 15 is 0 Å². The molecule has 1 aliphatic carbocycles. The van der Waals surface area contributed by atoms with Gasteiger partial charge in [-0.1, -0.05) is 85.8 Å². The van der Waals surface area contributed by atoms with Crippen LogP contribution in [-0.4, -0.2) is 45.7 Å². The second-order valence-electron chi connectivity index (χ2n) is 11.6. The molecule has 1 fully saturated rings. The van der Waals surface area contributed by atoms with Crippen LogP contribution in [0.15, 0.2) is 71.7 Å². The largest absolute Gasteiger partial charge is 0.481 e. The molecule has 2 amide bonds. The van der Waals surface area contributed by atoms with Gasteiger partial charge in [0.15, 0.2) is 0 Å². The van der Waals surface area contributed by atoms with Crippen molar-refractivity contribution in [3.63, 3.8) is 0 Å². The zero-order valence-electron chi connectivity index (χ0n) is 24.8. The summed E-state index contributed by atoms with van der Waals surface area (Å²) in [6.07, 6.45) is 7.33. The average Bonchev–Trinajstić information content (AvgIpc) is 3.28. The number of rotatable bonds is 11. The molecule has 1 saturated carbocycles. The molecule has 1 heterocycles. The lowest BCUT2D eigenvalue weighted by molar-refractivity contribution is -0.137. The lowest BCUT2D eigenvalue weighted by Gasteiger charge is -2.44. The minimum absolute atomic E-state index is 0.0633. The molecule has 5 rings (SSSR count). The third kappa shape index (κ3) is 7.00. The van der Waals surface area contributed by atoms with E-state index in [9.17, 15) is 14.4 Å². The van der Waals surface area contributed by atoms with Gasteiger partial charge in [-0.3, -0.25) is 19.4 Å². The first-order valence-electron chi connectivity index (χ1n) is 15.3. The van der Waals surface area contributed by atoms with Gasteiger partial charge in [-0.05, 0) is 79.1 Å². The number of aliphatic imine (C=N–C) groups is 1. The second-order valence-corrected chi connectivity index (χ2v) is 12.5. The van der Waals surface area contributed by atoms with Gasteiger partial charge in [0.2, 0.25) is 0 Å². The van der Waals surface area contributed by atoms with Crippen LogP contribution >= 0.6 is 23.2 Å². The monoisotopic (exact) mass is 633 g/mol. The molecular weight excluding hydrogens is 597 g/mol. The van der Waals surface area contributed by atoms with Crippen LogP contribution in [0.3, 0.4) is 0 Å². The normalized spacial score (nSPS) is 16.6. The summed E-state index contributed by atoms with van der Waals surface area (Å²) in [5, 5.41) is 12.6. The zero-order valence-corrected chi connectivity index (χ0v) is 26.3. The number of unbranched alkanes of at least 4 members (excludes halogenated alkanes) is 1. The summed E-state index contributed by atoms with van der Waals surface area (Å²) in [6, 6.07) is 20.4. The number of nitrogens with zero attached hydrogens (tertiary/aromatic N) is 2. The summed E-state index contributed by atoms with van der Waals surface area (Å²) in [5.74, 6) is -1.35. The number of carbonyl (C=O) groups is 3. The molecule has 3 aromatic rings. The number of hydrogen-bond donors (Lipinski definition) is 2. The molecule has 230 valence electrons.